The summed E-state index contributed by atoms with van der Waals surface area (Å²) in [4.78, 5) is 37.9. The lowest BCUT2D eigenvalue weighted by Gasteiger charge is -2.19. The smallest absolute Gasteiger partial charge is 0.325 e. The van der Waals surface area contributed by atoms with Crippen LogP contribution in [0, 0.1) is 0 Å². The van der Waals surface area contributed by atoms with Crippen molar-refractivity contribution in [3.63, 3.8) is 0 Å². The zero-order chi connectivity index (χ0) is 18.1. The second-order valence-electron chi connectivity index (χ2n) is 6.53. The maximum atomic E-state index is 12.6. The first-order valence-corrected chi connectivity index (χ1v) is 9.22. The van der Waals surface area contributed by atoms with E-state index < -0.39 is 17.5 Å². The Balaban J connectivity index is 1.39. The van der Waals surface area contributed by atoms with Crippen LogP contribution < -0.4 is 10.6 Å². The Morgan fingerprint density at radius 1 is 1.23 bits per heavy atom. The molecule has 0 bridgehead atoms. The van der Waals surface area contributed by atoms with Crippen LogP contribution in [-0.2, 0) is 9.59 Å². The molecule has 134 valence electrons. The Morgan fingerprint density at radius 2 is 1.96 bits per heavy atom. The number of nitrogens with zero attached hydrogens (tertiary/aromatic N) is 3. The van der Waals surface area contributed by atoms with Crippen LogP contribution in [0.2, 0.25) is 0 Å². The first kappa shape index (κ1) is 16.6. The zero-order valence-corrected chi connectivity index (χ0v) is 14.7. The number of anilines is 1. The lowest BCUT2D eigenvalue weighted by Crippen LogP contribution is -2.44. The van der Waals surface area contributed by atoms with Gasteiger partial charge in [-0.3, -0.25) is 14.5 Å². The molecule has 1 aromatic heterocycles. The number of carbonyl (C=O) groups excluding carboxylic acids is 3. The van der Waals surface area contributed by atoms with Crippen molar-refractivity contribution < 1.29 is 14.4 Å². The molecule has 9 heteroatoms. The number of nitrogens with one attached hydrogen (secondary N) is 2. The fraction of sp³-hybridized carbons (Fsp3) is 0.353. The van der Waals surface area contributed by atoms with Crippen molar-refractivity contribution in [3.05, 3.63) is 29.6 Å². The van der Waals surface area contributed by atoms with Crippen LogP contribution in [0.5, 0.6) is 0 Å². The summed E-state index contributed by atoms with van der Waals surface area (Å²) in [6.07, 6.45) is 3.10. The molecule has 8 nitrogen and oxygen atoms in total. The molecule has 0 radical (unpaired) electrons. The summed E-state index contributed by atoms with van der Waals surface area (Å²) in [5, 5.41) is 11.3. The van der Waals surface area contributed by atoms with Gasteiger partial charge in [0.15, 0.2) is 0 Å². The lowest BCUT2D eigenvalue weighted by atomic mass is 9.98. The molecule has 4 rings (SSSR count). The summed E-state index contributed by atoms with van der Waals surface area (Å²) in [6, 6.07) is 6.66. The number of hydrogen-bond donors (Lipinski definition) is 2. The van der Waals surface area contributed by atoms with Gasteiger partial charge in [0, 0.05) is 16.6 Å². The fourth-order valence-electron chi connectivity index (χ4n) is 3.50. The average molecular weight is 371 g/mol. The summed E-state index contributed by atoms with van der Waals surface area (Å²) in [5.41, 5.74) is 1.47. The average Bonchev–Trinajstić information content (AvgIpc) is 3.35. The molecular weight excluding hydrogens is 354 g/mol. The van der Waals surface area contributed by atoms with Crippen LogP contribution in [0.1, 0.15) is 25.7 Å². The summed E-state index contributed by atoms with van der Waals surface area (Å²) < 4.78 is 3.82. The number of aromatic nitrogens is 2. The summed E-state index contributed by atoms with van der Waals surface area (Å²) in [6.45, 7) is -0.288. The minimum absolute atomic E-state index is 0.288. The summed E-state index contributed by atoms with van der Waals surface area (Å²) in [7, 11) is 0. The van der Waals surface area contributed by atoms with Gasteiger partial charge in [-0.2, -0.15) is 0 Å². The molecule has 26 heavy (non-hydrogen) atoms. The topological polar surface area (TPSA) is 104 Å². The van der Waals surface area contributed by atoms with Crippen molar-refractivity contribution in [2.45, 2.75) is 31.2 Å². The van der Waals surface area contributed by atoms with E-state index in [0.29, 0.717) is 18.5 Å². The van der Waals surface area contributed by atoms with Gasteiger partial charge >= 0.3 is 6.03 Å². The van der Waals surface area contributed by atoms with Crippen molar-refractivity contribution >= 4 is 35.1 Å². The maximum absolute atomic E-state index is 12.6. The predicted octanol–water partition coefficient (Wildman–Crippen LogP) is 2.01. The highest BCUT2D eigenvalue weighted by Gasteiger charge is 2.52. The van der Waals surface area contributed by atoms with E-state index >= 15 is 0 Å². The maximum Gasteiger partial charge on any atom is 0.325 e. The molecule has 1 aliphatic carbocycles. The van der Waals surface area contributed by atoms with Gasteiger partial charge in [0.25, 0.3) is 5.91 Å². The Hall–Kier alpha value is -2.81. The Kier molecular flexibility index (Phi) is 4.15. The van der Waals surface area contributed by atoms with Crippen LogP contribution in [0.4, 0.5) is 10.5 Å². The Morgan fingerprint density at radius 3 is 2.62 bits per heavy atom. The molecule has 0 atom stereocenters. The van der Waals surface area contributed by atoms with Crippen LogP contribution in [0.3, 0.4) is 0 Å². The molecule has 1 spiro atoms. The molecule has 0 unspecified atom stereocenters. The quantitative estimate of drug-likeness (QED) is 0.800. The molecule has 2 N–H and O–H groups in total. The highest BCUT2D eigenvalue weighted by atomic mass is 32.1. The van der Waals surface area contributed by atoms with Crippen molar-refractivity contribution in [1.29, 1.82) is 0 Å². The van der Waals surface area contributed by atoms with E-state index in [-0.39, 0.29) is 12.5 Å². The molecule has 4 amide bonds. The second kappa shape index (κ2) is 6.49. The van der Waals surface area contributed by atoms with Gasteiger partial charge in [0.1, 0.15) is 17.8 Å². The standard InChI is InChI=1S/C17H17N5O3S/c23-14(9-22-15(24)17(19-16(22)25)7-1-2-8-17)18-12-5-3-11(4-6-12)13-10-26-21-20-13/h3-6,10H,1-2,7-9H2,(H,18,23)(H,19,25). The third kappa shape index (κ3) is 2.94. The van der Waals surface area contributed by atoms with Gasteiger partial charge in [-0.1, -0.05) is 29.5 Å². The van der Waals surface area contributed by atoms with E-state index in [9.17, 15) is 14.4 Å². The predicted molar refractivity (Wildman–Crippen MR) is 95.4 cm³/mol. The molecule has 1 aromatic carbocycles. The summed E-state index contributed by atoms with van der Waals surface area (Å²) >= 11 is 1.27. The summed E-state index contributed by atoms with van der Waals surface area (Å²) in [5.74, 6) is -0.701. The number of urea groups is 1. The van der Waals surface area contributed by atoms with E-state index in [1.807, 2.05) is 17.5 Å². The SMILES string of the molecule is O=C(CN1C(=O)NC2(CCCC2)C1=O)Nc1ccc(-c2csnn2)cc1. The molecule has 2 aromatic rings. The van der Waals surface area contributed by atoms with Gasteiger partial charge in [-0.25, -0.2) is 4.79 Å². The fourth-order valence-corrected chi connectivity index (χ4v) is 3.96. The van der Waals surface area contributed by atoms with E-state index in [1.165, 1.54) is 11.5 Å². The molecule has 1 saturated carbocycles. The monoisotopic (exact) mass is 371 g/mol. The first-order valence-electron chi connectivity index (χ1n) is 8.39. The normalized spacial score (nSPS) is 18.4. The minimum atomic E-state index is -0.791. The third-order valence-corrected chi connectivity index (χ3v) is 5.33. The van der Waals surface area contributed by atoms with Crippen LogP contribution in [-0.4, -0.2) is 44.4 Å². The second-order valence-corrected chi connectivity index (χ2v) is 7.14. The van der Waals surface area contributed by atoms with Gasteiger partial charge in [-0.15, -0.1) is 5.10 Å². The van der Waals surface area contributed by atoms with Crippen molar-refractivity contribution in [3.8, 4) is 11.3 Å². The van der Waals surface area contributed by atoms with Crippen molar-refractivity contribution in [2.75, 3.05) is 11.9 Å². The van der Waals surface area contributed by atoms with Gasteiger partial charge in [0.05, 0.1) is 0 Å². The Labute approximate surface area is 153 Å². The van der Waals surface area contributed by atoms with Crippen LogP contribution in [0.15, 0.2) is 29.6 Å². The minimum Gasteiger partial charge on any atom is -0.325 e. The zero-order valence-electron chi connectivity index (χ0n) is 13.9. The number of rotatable bonds is 4. The highest BCUT2D eigenvalue weighted by Crippen LogP contribution is 2.34. The molecular formula is C17H17N5O3S. The number of imide groups is 1. The largest absolute Gasteiger partial charge is 0.325 e. The molecule has 2 heterocycles. The lowest BCUT2D eigenvalue weighted by molar-refractivity contribution is -0.133. The number of hydrogen-bond acceptors (Lipinski definition) is 6. The van der Waals surface area contributed by atoms with Crippen molar-refractivity contribution in [1.82, 2.24) is 19.8 Å². The van der Waals surface area contributed by atoms with E-state index in [2.05, 4.69) is 20.2 Å². The van der Waals surface area contributed by atoms with Crippen LogP contribution in [0.25, 0.3) is 11.3 Å². The first-order chi connectivity index (χ1) is 12.6. The van der Waals surface area contributed by atoms with Crippen molar-refractivity contribution in [2.24, 2.45) is 0 Å². The van der Waals surface area contributed by atoms with Gasteiger partial charge in [-0.05, 0) is 36.5 Å². The molecule has 2 fully saturated rings. The Bertz CT molecular complexity index is 844. The highest BCUT2D eigenvalue weighted by molar-refractivity contribution is 7.03. The van der Waals surface area contributed by atoms with Crippen LogP contribution >= 0.6 is 11.5 Å². The third-order valence-electron chi connectivity index (χ3n) is 4.83. The molecule has 2 aliphatic rings. The number of benzene rings is 1. The number of amides is 4. The molecule has 1 aliphatic heterocycles. The van der Waals surface area contributed by atoms with E-state index in [0.717, 1.165) is 29.0 Å². The van der Waals surface area contributed by atoms with E-state index in [4.69, 9.17) is 0 Å². The molecule has 1 saturated heterocycles. The number of carbonyl (C=O) groups is 3. The van der Waals surface area contributed by atoms with Gasteiger partial charge < -0.3 is 10.6 Å². The van der Waals surface area contributed by atoms with Gasteiger partial charge in [0.2, 0.25) is 5.91 Å². The van der Waals surface area contributed by atoms with E-state index in [1.54, 1.807) is 12.1 Å².